The Morgan fingerprint density at radius 3 is 2.78 bits per heavy atom. The van der Waals surface area contributed by atoms with Crippen molar-refractivity contribution < 1.29 is 9.53 Å². The lowest BCUT2D eigenvalue weighted by atomic mass is 9.94. The molecule has 0 aliphatic carbocycles. The van der Waals surface area contributed by atoms with E-state index in [9.17, 15) is 4.79 Å². The molecular formula is C25H31N5O2. The second-order valence-corrected chi connectivity index (χ2v) is 8.64. The number of piperidine rings is 1. The molecule has 0 bridgehead atoms. The van der Waals surface area contributed by atoms with Crippen LogP contribution in [0.2, 0.25) is 0 Å². The van der Waals surface area contributed by atoms with Gasteiger partial charge in [-0.05, 0) is 37.0 Å². The third-order valence-electron chi connectivity index (χ3n) is 6.05. The highest BCUT2D eigenvalue weighted by Gasteiger charge is 2.26. The Morgan fingerprint density at radius 2 is 2.03 bits per heavy atom. The van der Waals surface area contributed by atoms with Crippen molar-refractivity contribution in [2.75, 3.05) is 20.2 Å². The SMILES string of the molecule is COc1ccc(CCC(=O)N2CCC[C@H](c3cncc(-n4ccnc4C(C)C)n3)C2)cc1. The van der Waals surface area contributed by atoms with E-state index in [0.29, 0.717) is 18.9 Å². The van der Waals surface area contributed by atoms with Crippen LogP contribution in [0.15, 0.2) is 49.1 Å². The fraction of sp³-hybridized carbons (Fsp3) is 0.440. The highest BCUT2D eigenvalue weighted by Crippen LogP contribution is 2.27. The van der Waals surface area contributed by atoms with E-state index < -0.39 is 0 Å². The quantitative estimate of drug-likeness (QED) is 0.560. The lowest BCUT2D eigenvalue weighted by molar-refractivity contribution is -0.132. The van der Waals surface area contributed by atoms with Crippen LogP contribution in [0.4, 0.5) is 0 Å². The first kappa shape index (κ1) is 22.0. The van der Waals surface area contributed by atoms with Crippen LogP contribution in [-0.4, -0.2) is 50.5 Å². The molecule has 1 atom stereocenters. The molecule has 1 aliphatic heterocycles. The fourth-order valence-corrected chi connectivity index (χ4v) is 4.27. The van der Waals surface area contributed by atoms with Crippen LogP contribution in [0.3, 0.4) is 0 Å². The third-order valence-corrected chi connectivity index (χ3v) is 6.05. The molecule has 1 amide bonds. The molecule has 2 aromatic heterocycles. The molecule has 0 radical (unpaired) electrons. The van der Waals surface area contributed by atoms with Gasteiger partial charge in [-0.2, -0.15) is 0 Å². The fourth-order valence-electron chi connectivity index (χ4n) is 4.27. The van der Waals surface area contributed by atoms with Gasteiger partial charge in [-0.1, -0.05) is 26.0 Å². The predicted molar refractivity (Wildman–Crippen MR) is 123 cm³/mol. The maximum Gasteiger partial charge on any atom is 0.222 e. The summed E-state index contributed by atoms with van der Waals surface area (Å²) in [7, 11) is 1.66. The second-order valence-electron chi connectivity index (χ2n) is 8.64. The molecular weight excluding hydrogens is 402 g/mol. The Bertz CT molecular complexity index is 1040. The van der Waals surface area contributed by atoms with Crippen LogP contribution in [0.25, 0.3) is 5.82 Å². The first-order valence-corrected chi connectivity index (χ1v) is 11.3. The summed E-state index contributed by atoms with van der Waals surface area (Å²) in [5, 5.41) is 0. The number of likely N-dealkylation sites (tertiary alicyclic amines) is 1. The molecule has 1 saturated heterocycles. The van der Waals surface area contributed by atoms with E-state index in [1.807, 2.05) is 46.1 Å². The summed E-state index contributed by atoms with van der Waals surface area (Å²) in [6.45, 7) is 5.74. The van der Waals surface area contributed by atoms with Gasteiger partial charge in [0.15, 0.2) is 5.82 Å². The van der Waals surface area contributed by atoms with Gasteiger partial charge in [-0.15, -0.1) is 0 Å². The van der Waals surface area contributed by atoms with E-state index in [4.69, 9.17) is 9.72 Å². The van der Waals surface area contributed by atoms with Crippen LogP contribution in [0.1, 0.15) is 62.0 Å². The van der Waals surface area contributed by atoms with Crippen molar-refractivity contribution in [3.63, 3.8) is 0 Å². The summed E-state index contributed by atoms with van der Waals surface area (Å²) in [6, 6.07) is 7.92. The van der Waals surface area contributed by atoms with Gasteiger partial charge < -0.3 is 9.64 Å². The van der Waals surface area contributed by atoms with Crippen molar-refractivity contribution in [3.8, 4) is 11.6 Å². The standard InChI is InChI=1S/C25H31N5O2/c1-18(2)25-27-12-14-30(25)23-16-26-15-22(28-23)20-5-4-13-29(17-20)24(31)11-8-19-6-9-21(32-3)10-7-19/h6-7,9-10,12,14-16,18,20H,4-5,8,11,13,17H2,1-3H3/t20-/m0/s1. The Morgan fingerprint density at radius 1 is 1.22 bits per heavy atom. The molecule has 0 saturated carbocycles. The maximum atomic E-state index is 12.9. The molecule has 7 heteroatoms. The normalized spacial score (nSPS) is 16.4. The number of nitrogens with zero attached hydrogens (tertiary/aromatic N) is 5. The van der Waals surface area contributed by atoms with Gasteiger partial charge in [0, 0.05) is 49.9 Å². The molecule has 7 nitrogen and oxygen atoms in total. The number of methoxy groups -OCH3 is 1. The average molecular weight is 434 g/mol. The number of hydrogen-bond acceptors (Lipinski definition) is 5. The van der Waals surface area contributed by atoms with Gasteiger partial charge in [0.05, 0.1) is 19.0 Å². The highest BCUT2D eigenvalue weighted by atomic mass is 16.5. The number of carbonyl (C=O) groups excluding carboxylic acids is 1. The molecule has 1 aliphatic rings. The minimum atomic E-state index is 0.200. The van der Waals surface area contributed by atoms with Crippen LogP contribution >= 0.6 is 0 Å². The zero-order valence-electron chi connectivity index (χ0n) is 19.1. The number of amides is 1. The number of benzene rings is 1. The van der Waals surface area contributed by atoms with Crippen LogP contribution in [0.5, 0.6) is 5.75 Å². The number of aromatic nitrogens is 4. The zero-order chi connectivity index (χ0) is 22.5. The lowest BCUT2D eigenvalue weighted by Gasteiger charge is -2.32. The molecule has 3 aromatic rings. The van der Waals surface area contributed by atoms with Crippen molar-refractivity contribution in [1.82, 2.24) is 24.4 Å². The zero-order valence-corrected chi connectivity index (χ0v) is 19.1. The van der Waals surface area contributed by atoms with Gasteiger partial charge in [0.1, 0.15) is 11.6 Å². The van der Waals surface area contributed by atoms with Crippen LogP contribution < -0.4 is 4.74 Å². The Hall–Kier alpha value is -3.22. The maximum absolute atomic E-state index is 12.9. The predicted octanol–water partition coefficient (Wildman–Crippen LogP) is 4.13. The summed E-state index contributed by atoms with van der Waals surface area (Å²) in [5.41, 5.74) is 2.09. The number of imidazole rings is 1. The molecule has 32 heavy (non-hydrogen) atoms. The summed E-state index contributed by atoms with van der Waals surface area (Å²) < 4.78 is 7.20. The Labute approximate surface area is 189 Å². The first-order chi connectivity index (χ1) is 15.5. The van der Waals surface area contributed by atoms with E-state index in [2.05, 4.69) is 23.8 Å². The summed E-state index contributed by atoms with van der Waals surface area (Å²) >= 11 is 0. The van der Waals surface area contributed by atoms with Crippen molar-refractivity contribution >= 4 is 5.91 Å². The monoisotopic (exact) mass is 433 g/mol. The van der Waals surface area contributed by atoms with E-state index in [0.717, 1.165) is 54.5 Å². The molecule has 1 aromatic carbocycles. The van der Waals surface area contributed by atoms with E-state index in [-0.39, 0.29) is 11.8 Å². The van der Waals surface area contributed by atoms with Crippen molar-refractivity contribution in [2.45, 2.75) is 51.4 Å². The molecule has 3 heterocycles. The molecule has 0 N–H and O–H groups in total. The third kappa shape index (κ3) is 4.98. The van der Waals surface area contributed by atoms with Crippen molar-refractivity contribution in [3.05, 3.63) is 66.1 Å². The molecule has 0 unspecified atom stereocenters. The van der Waals surface area contributed by atoms with Crippen molar-refractivity contribution in [2.24, 2.45) is 0 Å². The second kappa shape index (κ2) is 9.94. The highest BCUT2D eigenvalue weighted by molar-refractivity contribution is 5.76. The summed E-state index contributed by atoms with van der Waals surface area (Å²) in [4.78, 5) is 28.7. The molecule has 168 valence electrons. The average Bonchev–Trinajstić information content (AvgIpc) is 3.34. The molecule has 4 rings (SSSR count). The Kier molecular flexibility index (Phi) is 6.83. The van der Waals surface area contributed by atoms with Gasteiger partial charge in [-0.3, -0.25) is 14.3 Å². The first-order valence-electron chi connectivity index (χ1n) is 11.3. The number of ether oxygens (including phenoxy) is 1. The van der Waals surface area contributed by atoms with Gasteiger partial charge in [0.25, 0.3) is 0 Å². The van der Waals surface area contributed by atoms with Crippen LogP contribution in [-0.2, 0) is 11.2 Å². The van der Waals surface area contributed by atoms with Crippen molar-refractivity contribution in [1.29, 1.82) is 0 Å². The number of rotatable bonds is 7. The topological polar surface area (TPSA) is 73.1 Å². The number of hydrogen-bond donors (Lipinski definition) is 0. The van der Waals surface area contributed by atoms with Crippen LogP contribution in [0, 0.1) is 0 Å². The lowest BCUT2D eigenvalue weighted by Crippen LogP contribution is -2.39. The van der Waals surface area contributed by atoms with Gasteiger partial charge in [-0.25, -0.2) is 9.97 Å². The minimum Gasteiger partial charge on any atom is -0.497 e. The number of carbonyl (C=O) groups is 1. The van der Waals surface area contributed by atoms with E-state index in [1.54, 1.807) is 19.5 Å². The molecule has 0 spiro atoms. The smallest absolute Gasteiger partial charge is 0.222 e. The van der Waals surface area contributed by atoms with Gasteiger partial charge in [0.2, 0.25) is 5.91 Å². The minimum absolute atomic E-state index is 0.200. The largest absolute Gasteiger partial charge is 0.497 e. The van der Waals surface area contributed by atoms with E-state index in [1.165, 1.54) is 0 Å². The number of aryl methyl sites for hydroxylation is 1. The Balaban J connectivity index is 1.41. The van der Waals surface area contributed by atoms with Gasteiger partial charge >= 0.3 is 0 Å². The molecule has 1 fully saturated rings. The summed E-state index contributed by atoms with van der Waals surface area (Å²) in [5.74, 6) is 3.28. The summed E-state index contributed by atoms with van der Waals surface area (Å²) in [6.07, 6.45) is 10.6. The van der Waals surface area contributed by atoms with E-state index >= 15 is 0 Å².